The molecule has 1 amide bonds. The van der Waals surface area contributed by atoms with Gasteiger partial charge < -0.3 is 10.1 Å². The van der Waals surface area contributed by atoms with Crippen LogP contribution in [-0.2, 0) is 11.2 Å². The monoisotopic (exact) mass is 292 g/mol. The van der Waals surface area contributed by atoms with Crippen molar-refractivity contribution in [2.45, 2.75) is 20.3 Å². The number of nitrogens with one attached hydrogen (secondary N) is 1. The van der Waals surface area contributed by atoms with E-state index in [1.54, 1.807) is 12.3 Å². The Morgan fingerprint density at radius 2 is 2.05 bits per heavy atom. The zero-order valence-corrected chi connectivity index (χ0v) is 12.2. The zero-order valence-electron chi connectivity index (χ0n) is 12.2. The van der Waals surface area contributed by atoms with Gasteiger partial charge in [0.2, 0.25) is 11.8 Å². The van der Waals surface area contributed by atoms with Crippen molar-refractivity contribution in [2.24, 2.45) is 0 Å². The predicted octanol–water partition coefficient (Wildman–Crippen LogP) is 2.13. The summed E-state index contributed by atoms with van der Waals surface area (Å²) in [6.45, 7) is 3.31. The van der Waals surface area contributed by atoms with E-state index in [-0.39, 0.29) is 17.6 Å². The molecule has 0 spiro atoms. The summed E-state index contributed by atoms with van der Waals surface area (Å²) in [5.74, 6) is -0.701. The van der Waals surface area contributed by atoms with Crippen LogP contribution in [0.15, 0.2) is 18.3 Å². The molecule has 2 rings (SSSR count). The highest BCUT2D eigenvalue weighted by molar-refractivity contribution is 5.94. The van der Waals surface area contributed by atoms with Gasteiger partial charge in [0.05, 0.1) is 12.6 Å². The number of ether oxygens (including phenoxy) is 1. The first kappa shape index (κ1) is 15.0. The van der Waals surface area contributed by atoms with Gasteiger partial charge >= 0.3 is 0 Å². The predicted molar refractivity (Wildman–Crippen MR) is 77.1 cm³/mol. The minimum atomic E-state index is -0.515. The Morgan fingerprint density at radius 3 is 2.62 bits per heavy atom. The van der Waals surface area contributed by atoms with Gasteiger partial charge in [0.1, 0.15) is 0 Å². The topological polar surface area (TPSA) is 60.3 Å². The molecule has 5 nitrogen and oxygen atoms in total. The Labute approximate surface area is 121 Å². The van der Waals surface area contributed by atoms with Crippen LogP contribution in [0, 0.1) is 5.82 Å². The molecule has 21 heavy (non-hydrogen) atoms. The normalized spacial score (nSPS) is 10.7. The average molecular weight is 292 g/mol. The molecule has 1 heterocycles. The van der Waals surface area contributed by atoms with Crippen LogP contribution in [0.25, 0.3) is 10.9 Å². The van der Waals surface area contributed by atoms with Crippen LogP contribution in [0.5, 0.6) is 5.75 Å². The smallest absolute Gasteiger partial charge is 0.227 e. The maximum atomic E-state index is 13.8. The van der Waals surface area contributed by atoms with Gasteiger partial charge in [-0.1, -0.05) is 0 Å². The molecule has 6 heteroatoms. The number of aromatic nitrogens is 1. The molecule has 0 bridgehead atoms. The van der Waals surface area contributed by atoms with Crippen molar-refractivity contribution in [1.29, 1.82) is 0 Å². The summed E-state index contributed by atoms with van der Waals surface area (Å²) in [5.41, 5.74) is 1.35. The summed E-state index contributed by atoms with van der Waals surface area (Å²) in [6.07, 6.45) is 2.22. The van der Waals surface area contributed by atoms with E-state index in [1.807, 2.05) is 0 Å². The Kier molecular flexibility index (Phi) is 4.26. The first-order valence-corrected chi connectivity index (χ1v) is 6.57. The van der Waals surface area contributed by atoms with Crippen LogP contribution < -0.4 is 10.1 Å². The average Bonchev–Trinajstić information content (AvgIpc) is 2.75. The molecule has 1 aromatic heterocycles. The van der Waals surface area contributed by atoms with E-state index < -0.39 is 5.82 Å². The lowest BCUT2D eigenvalue weighted by Crippen LogP contribution is -2.22. The van der Waals surface area contributed by atoms with Gasteiger partial charge in [0.15, 0.2) is 11.6 Å². The molecule has 0 aliphatic heterocycles. The molecule has 1 N–H and O–H groups in total. The number of fused-ring (bicyclic) bond motifs is 1. The van der Waals surface area contributed by atoms with E-state index >= 15 is 0 Å². The van der Waals surface area contributed by atoms with E-state index in [1.165, 1.54) is 31.6 Å². The second kappa shape index (κ2) is 5.95. The number of amides is 1. The Morgan fingerprint density at radius 1 is 1.33 bits per heavy atom. The Bertz CT molecular complexity index is 706. The summed E-state index contributed by atoms with van der Waals surface area (Å²) >= 11 is 0. The largest absolute Gasteiger partial charge is 0.494 e. The maximum absolute atomic E-state index is 13.8. The molecular weight excluding hydrogens is 275 g/mol. The number of carbonyl (C=O) groups is 2. The first-order chi connectivity index (χ1) is 9.93. The fourth-order valence-corrected chi connectivity index (χ4v) is 2.28. The third kappa shape index (κ3) is 3.04. The Balaban J connectivity index is 2.48. The second-order valence-electron chi connectivity index (χ2n) is 4.78. The van der Waals surface area contributed by atoms with Crippen molar-refractivity contribution in [3.05, 3.63) is 29.7 Å². The molecule has 2 aromatic rings. The summed E-state index contributed by atoms with van der Waals surface area (Å²) in [5, 5.41) is 3.44. The lowest BCUT2D eigenvalue weighted by atomic mass is 10.1. The molecule has 0 fully saturated rings. The zero-order chi connectivity index (χ0) is 15.6. The van der Waals surface area contributed by atoms with E-state index in [4.69, 9.17) is 4.74 Å². The summed E-state index contributed by atoms with van der Waals surface area (Å²) < 4.78 is 20.2. The third-order valence-corrected chi connectivity index (χ3v) is 3.27. The lowest BCUT2D eigenvalue weighted by molar-refractivity contribution is -0.118. The molecule has 0 aliphatic carbocycles. The summed E-state index contributed by atoms with van der Waals surface area (Å²) in [4.78, 5) is 22.6. The lowest BCUT2D eigenvalue weighted by Gasteiger charge is -2.05. The first-order valence-electron chi connectivity index (χ1n) is 6.57. The number of nitrogens with zero attached hydrogens (tertiary/aromatic N) is 1. The highest BCUT2D eigenvalue weighted by Gasteiger charge is 2.15. The van der Waals surface area contributed by atoms with Gasteiger partial charge in [-0.2, -0.15) is 0 Å². The highest BCUT2D eigenvalue weighted by atomic mass is 19.1. The van der Waals surface area contributed by atoms with Gasteiger partial charge in [-0.3, -0.25) is 14.2 Å². The quantitative estimate of drug-likeness (QED) is 0.939. The SMILES string of the molecule is COc1cc2c(CCNC(C)=O)cn(C(C)=O)c2cc1F. The minimum Gasteiger partial charge on any atom is -0.494 e. The van der Waals surface area contributed by atoms with Crippen LogP contribution in [0.4, 0.5) is 4.39 Å². The summed E-state index contributed by atoms with van der Waals surface area (Å²) in [6, 6.07) is 2.87. The number of carbonyl (C=O) groups excluding carboxylic acids is 2. The van der Waals surface area contributed by atoms with Crippen LogP contribution in [0.2, 0.25) is 0 Å². The Hall–Kier alpha value is -2.37. The second-order valence-corrected chi connectivity index (χ2v) is 4.78. The number of rotatable bonds is 4. The molecule has 112 valence electrons. The fraction of sp³-hybridized carbons (Fsp3) is 0.333. The molecule has 0 unspecified atom stereocenters. The molecule has 0 aliphatic rings. The van der Waals surface area contributed by atoms with Gasteiger partial charge in [0, 0.05) is 38.0 Å². The molecule has 0 atom stereocenters. The molecule has 0 saturated heterocycles. The van der Waals surface area contributed by atoms with Gasteiger partial charge in [0.25, 0.3) is 0 Å². The third-order valence-electron chi connectivity index (χ3n) is 3.27. The van der Waals surface area contributed by atoms with Crippen molar-refractivity contribution in [2.75, 3.05) is 13.7 Å². The van der Waals surface area contributed by atoms with Crippen molar-refractivity contribution in [3.63, 3.8) is 0 Å². The molecule has 0 saturated carbocycles. The number of halogens is 1. The van der Waals surface area contributed by atoms with Crippen molar-refractivity contribution in [1.82, 2.24) is 9.88 Å². The van der Waals surface area contributed by atoms with Crippen LogP contribution >= 0.6 is 0 Å². The van der Waals surface area contributed by atoms with E-state index in [0.717, 1.165) is 10.9 Å². The van der Waals surface area contributed by atoms with Crippen molar-refractivity contribution >= 4 is 22.7 Å². The van der Waals surface area contributed by atoms with Crippen LogP contribution in [0.3, 0.4) is 0 Å². The number of methoxy groups -OCH3 is 1. The van der Waals surface area contributed by atoms with Gasteiger partial charge in [-0.25, -0.2) is 4.39 Å². The maximum Gasteiger partial charge on any atom is 0.227 e. The molecular formula is C15H17FN2O3. The van der Waals surface area contributed by atoms with E-state index in [0.29, 0.717) is 18.5 Å². The number of hydrogen-bond donors (Lipinski definition) is 1. The van der Waals surface area contributed by atoms with Crippen molar-refractivity contribution < 1.29 is 18.7 Å². The van der Waals surface area contributed by atoms with Crippen LogP contribution in [-0.4, -0.2) is 30.0 Å². The number of benzene rings is 1. The van der Waals surface area contributed by atoms with Gasteiger partial charge in [-0.15, -0.1) is 0 Å². The van der Waals surface area contributed by atoms with E-state index in [9.17, 15) is 14.0 Å². The standard InChI is InChI=1S/C15H17FN2O3/c1-9(19)17-5-4-11-8-18(10(2)20)14-7-13(16)15(21-3)6-12(11)14/h6-8H,4-5H2,1-3H3,(H,17,19). The molecule has 0 radical (unpaired) electrons. The van der Waals surface area contributed by atoms with Crippen molar-refractivity contribution in [3.8, 4) is 5.75 Å². The van der Waals surface area contributed by atoms with Crippen LogP contribution in [0.1, 0.15) is 24.2 Å². The summed E-state index contributed by atoms with van der Waals surface area (Å²) in [7, 11) is 1.39. The fourth-order valence-electron chi connectivity index (χ4n) is 2.28. The van der Waals surface area contributed by atoms with Gasteiger partial charge in [-0.05, 0) is 18.1 Å². The highest BCUT2D eigenvalue weighted by Crippen LogP contribution is 2.29. The molecule has 1 aromatic carbocycles. The number of hydrogen-bond acceptors (Lipinski definition) is 3. The van der Waals surface area contributed by atoms with E-state index in [2.05, 4.69) is 5.32 Å². The minimum absolute atomic E-state index is 0.117.